The van der Waals surface area contributed by atoms with E-state index in [9.17, 15) is 9.59 Å². The van der Waals surface area contributed by atoms with Crippen molar-refractivity contribution in [1.82, 2.24) is 10.2 Å². The lowest BCUT2D eigenvalue weighted by Gasteiger charge is -2.17. The largest absolute Gasteiger partial charge is 0.363 e. The molecule has 0 saturated carbocycles. The van der Waals surface area contributed by atoms with Crippen LogP contribution in [0.3, 0.4) is 0 Å². The van der Waals surface area contributed by atoms with Gasteiger partial charge in [-0.25, -0.2) is 0 Å². The van der Waals surface area contributed by atoms with E-state index < -0.39 is 0 Å². The fourth-order valence-electron chi connectivity index (χ4n) is 2.18. The van der Waals surface area contributed by atoms with Crippen molar-refractivity contribution in [3.8, 4) is 0 Å². The molecule has 110 valence electrons. The Bertz CT molecular complexity index is 498. The number of nitrogens with one attached hydrogen (secondary N) is 1. The van der Waals surface area contributed by atoms with Crippen LogP contribution in [0.15, 0.2) is 12.1 Å². The van der Waals surface area contributed by atoms with Crippen molar-refractivity contribution in [3.63, 3.8) is 0 Å². The van der Waals surface area contributed by atoms with E-state index >= 15 is 0 Å². The first-order valence-electron chi connectivity index (χ1n) is 6.68. The molecule has 0 spiro atoms. The van der Waals surface area contributed by atoms with Crippen molar-refractivity contribution >= 4 is 23.2 Å². The standard InChI is InChI=1S/C14H20N2O3S/c1-9-4-7-12(20-9)13(17)15-8-10-5-6-11(19-10)14(18)16(2)3/h4,7,10-11H,5-6,8H2,1-3H3,(H,15,17)/t10-,11+/m0/s1. The van der Waals surface area contributed by atoms with E-state index in [4.69, 9.17) is 4.74 Å². The first kappa shape index (κ1) is 15.0. The molecule has 2 amide bonds. The third-order valence-corrected chi connectivity index (χ3v) is 4.28. The highest BCUT2D eigenvalue weighted by molar-refractivity contribution is 7.13. The number of likely N-dealkylation sites (N-methyl/N-ethyl adjacent to an activating group) is 1. The van der Waals surface area contributed by atoms with Gasteiger partial charge in [0.05, 0.1) is 11.0 Å². The zero-order chi connectivity index (χ0) is 14.7. The maximum absolute atomic E-state index is 11.9. The molecule has 0 radical (unpaired) electrons. The van der Waals surface area contributed by atoms with E-state index in [2.05, 4.69) is 5.32 Å². The van der Waals surface area contributed by atoms with E-state index in [1.54, 1.807) is 19.0 Å². The number of rotatable bonds is 4. The number of carbonyl (C=O) groups excluding carboxylic acids is 2. The van der Waals surface area contributed by atoms with Crippen LogP contribution in [0.25, 0.3) is 0 Å². The zero-order valence-electron chi connectivity index (χ0n) is 12.0. The predicted molar refractivity (Wildman–Crippen MR) is 78.0 cm³/mol. The second kappa shape index (κ2) is 6.37. The van der Waals surface area contributed by atoms with Crippen molar-refractivity contribution in [2.45, 2.75) is 32.0 Å². The minimum atomic E-state index is -0.365. The smallest absolute Gasteiger partial charge is 0.261 e. The fourth-order valence-corrected chi connectivity index (χ4v) is 2.96. The summed E-state index contributed by atoms with van der Waals surface area (Å²) in [5, 5.41) is 2.86. The number of hydrogen-bond acceptors (Lipinski definition) is 4. The van der Waals surface area contributed by atoms with Crippen molar-refractivity contribution in [1.29, 1.82) is 0 Å². The molecule has 2 atom stereocenters. The molecule has 1 aliphatic rings. The Balaban J connectivity index is 1.78. The number of ether oxygens (including phenoxy) is 1. The van der Waals surface area contributed by atoms with Crippen LogP contribution >= 0.6 is 11.3 Å². The molecule has 1 aromatic rings. The second-order valence-corrected chi connectivity index (χ2v) is 6.46. The lowest BCUT2D eigenvalue weighted by atomic mass is 10.2. The maximum Gasteiger partial charge on any atom is 0.261 e. The van der Waals surface area contributed by atoms with Crippen LogP contribution in [0.4, 0.5) is 0 Å². The van der Waals surface area contributed by atoms with Crippen LogP contribution in [0.5, 0.6) is 0 Å². The Morgan fingerprint density at radius 2 is 2.15 bits per heavy atom. The highest BCUT2D eigenvalue weighted by atomic mass is 32.1. The fraction of sp³-hybridized carbons (Fsp3) is 0.571. The third-order valence-electron chi connectivity index (χ3n) is 3.28. The predicted octanol–water partition coefficient (Wildman–Crippen LogP) is 1.42. The van der Waals surface area contributed by atoms with Gasteiger partial charge >= 0.3 is 0 Å². The van der Waals surface area contributed by atoms with Gasteiger partial charge in [-0.15, -0.1) is 11.3 Å². The van der Waals surface area contributed by atoms with Crippen molar-refractivity contribution < 1.29 is 14.3 Å². The molecule has 6 heteroatoms. The van der Waals surface area contributed by atoms with Gasteiger partial charge < -0.3 is 15.0 Å². The molecule has 1 fully saturated rings. The number of amides is 2. The maximum atomic E-state index is 11.9. The number of thiophene rings is 1. The van der Waals surface area contributed by atoms with Crippen LogP contribution < -0.4 is 5.32 Å². The summed E-state index contributed by atoms with van der Waals surface area (Å²) in [6.45, 7) is 2.42. The molecule has 5 nitrogen and oxygen atoms in total. The normalized spacial score (nSPS) is 21.8. The summed E-state index contributed by atoms with van der Waals surface area (Å²) < 4.78 is 5.67. The molecule has 0 unspecified atom stereocenters. The van der Waals surface area contributed by atoms with Crippen LogP contribution in [-0.2, 0) is 9.53 Å². The topological polar surface area (TPSA) is 58.6 Å². The Kier molecular flexibility index (Phi) is 4.77. The van der Waals surface area contributed by atoms with Crippen LogP contribution in [0.2, 0.25) is 0 Å². The zero-order valence-corrected chi connectivity index (χ0v) is 12.8. The van der Waals surface area contributed by atoms with Gasteiger partial charge in [-0.2, -0.15) is 0 Å². The summed E-state index contributed by atoms with van der Waals surface area (Å²) in [4.78, 5) is 27.0. The number of carbonyl (C=O) groups is 2. The summed E-state index contributed by atoms with van der Waals surface area (Å²) >= 11 is 1.47. The quantitative estimate of drug-likeness (QED) is 0.914. The van der Waals surface area contributed by atoms with Gasteiger partial charge in [0, 0.05) is 25.5 Å². The molecular formula is C14H20N2O3S. The van der Waals surface area contributed by atoms with Gasteiger partial charge in [0.1, 0.15) is 6.10 Å². The molecule has 0 bridgehead atoms. The van der Waals surface area contributed by atoms with Crippen molar-refractivity contribution in [2.24, 2.45) is 0 Å². The van der Waals surface area contributed by atoms with E-state index in [-0.39, 0.29) is 24.0 Å². The molecule has 0 aromatic carbocycles. The highest BCUT2D eigenvalue weighted by Gasteiger charge is 2.31. The Hall–Kier alpha value is -1.40. The monoisotopic (exact) mass is 296 g/mol. The average Bonchev–Trinajstić information content (AvgIpc) is 3.03. The van der Waals surface area contributed by atoms with Crippen molar-refractivity contribution in [3.05, 3.63) is 21.9 Å². The molecule has 0 aliphatic carbocycles. The number of hydrogen-bond donors (Lipinski definition) is 1. The third kappa shape index (κ3) is 3.58. The first-order valence-corrected chi connectivity index (χ1v) is 7.50. The van der Waals surface area contributed by atoms with Gasteiger partial charge in [-0.3, -0.25) is 9.59 Å². The average molecular weight is 296 g/mol. The lowest BCUT2D eigenvalue weighted by Crippen LogP contribution is -2.36. The molecule has 2 rings (SSSR count). The van der Waals surface area contributed by atoms with E-state index in [0.717, 1.165) is 17.7 Å². The Morgan fingerprint density at radius 3 is 2.75 bits per heavy atom. The molecule has 2 heterocycles. The summed E-state index contributed by atoms with van der Waals surface area (Å²) in [7, 11) is 3.44. The SMILES string of the molecule is Cc1ccc(C(=O)NC[C@@H]2CC[C@H](C(=O)N(C)C)O2)s1. The first-order chi connectivity index (χ1) is 9.47. The highest BCUT2D eigenvalue weighted by Crippen LogP contribution is 2.21. The molecule has 1 aromatic heterocycles. The number of aryl methyl sites for hydroxylation is 1. The van der Waals surface area contributed by atoms with Gasteiger partial charge in [0.15, 0.2) is 0 Å². The Morgan fingerprint density at radius 1 is 1.40 bits per heavy atom. The van der Waals surface area contributed by atoms with E-state index in [0.29, 0.717) is 11.4 Å². The lowest BCUT2D eigenvalue weighted by molar-refractivity contribution is -0.140. The molecular weight excluding hydrogens is 276 g/mol. The van der Waals surface area contributed by atoms with Crippen molar-refractivity contribution in [2.75, 3.05) is 20.6 Å². The number of nitrogens with zero attached hydrogens (tertiary/aromatic N) is 1. The van der Waals surface area contributed by atoms with Gasteiger partial charge in [-0.05, 0) is 31.9 Å². The Labute approximate surface area is 122 Å². The summed E-state index contributed by atoms with van der Waals surface area (Å²) in [5.74, 6) is -0.0817. The molecule has 1 N–H and O–H groups in total. The summed E-state index contributed by atoms with van der Waals surface area (Å²) in [6.07, 6.45) is 1.08. The molecule has 1 saturated heterocycles. The molecule has 20 heavy (non-hydrogen) atoms. The minimum Gasteiger partial charge on any atom is -0.363 e. The van der Waals surface area contributed by atoms with E-state index in [1.165, 1.54) is 11.3 Å². The van der Waals surface area contributed by atoms with Gasteiger partial charge in [-0.1, -0.05) is 0 Å². The van der Waals surface area contributed by atoms with Gasteiger partial charge in [0.25, 0.3) is 11.8 Å². The minimum absolute atomic E-state index is 0.00675. The summed E-state index contributed by atoms with van der Waals surface area (Å²) in [5.41, 5.74) is 0. The van der Waals surface area contributed by atoms with Crippen LogP contribution in [-0.4, -0.2) is 49.6 Å². The van der Waals surface area contributed by atoms with Crippen LogP contribution in [0, 0.1) is 6.92 Å². The van der Waals surface area contributed by atoms with Crippen LogP contribution in [0.1, 0.15) is 27.4 Å². The molecule has 1 aliphatic heterocycles. The van der Waals surface area contributed by atoms with E-state index in [1.807, 2.05) is 19.1 Å². The summed E-state index contributed by atoms with van der Waals surface area (Å²) in [6, 6.07) is 3.75. The second-order valence-electron chi connectivity index (χ2n) is 5.18. The van der Waals surface area contributed by atoms with Gasteiger partial charge in [0.2, 0.25) is 0 Å².